The van der Waals surface area contributed by atoms with Crippen LogP contribution in [0, 0.1) is 0 Å². The zero-order chi connectivity index (χ0) is 12.8. The first-order valence-corrected chi connectivity index (χ1v) is 6.78. The topological polar surface area (TPSA) is 26.3 Å². The van der Waals surface area contributed by atoms with Crippen molar-refractivity contribution in [2.24, 2.45) is 0 Å². The van der Waals surface area contributed by atoms with Gasteiger partial charge in [0.15, 0.2) is 0 Å². The molecule has 0 spiro atoms. The fourth-order valence-corrected chi connectivity index (χ4v) is 1.32. The first-order chi connectivity index (χ1) is 8.31. The van der Waals surface area contributed by atoms with Gasteiger partial charge in [0, 0.05) is 6.42 Å². The molecule has 98 valence electrons. The summed E-state index contributed by atoms with van der Waals surface area (Å²) in [7, 11) is 0. The lowest BCUT2D eigenvalue weighted by Crippen LogP contribution is -2.03. The third-order valence-corrected chi connectivity index (χ3v) is 2.42. The summed E-state index contributed by atoms with van der Waals surface area (Å²) in [4.78, 5) is 10.8. The molecular formula is C15H26O2. The molecule has 0 aromatic rings. The lowest BCUT2D eigenvalue weighted by atomic mass is 10.2. The lowest BCUT2D eigenvalue weighted by Gasteiger charge is -2.00. The molecule has 0 atom stereocenters. The van der Waals surface area contributed by atoms with Gasteiger partial charge in [-0.2, -0.15) is 0 Å². The number of rotatable bonds is 10. The summed E-state index contributed by atoms with van der Waals surface area (Å²) in [6.45, 7) is 4.58. The largest absolute Gasteiger partial charge is 0.466 e. The molecule has 2 nitrogen and oxygen atoms in total. The average Bonchev–Trinajstić information content (AvgIpc) is 2.35. The van der Waals surface area contributed by atoms with Crippen LogP contribution >= 0.6 is 0 Å². The summed E-state index contributed by atoms with van der Waals surface area (Å²) in [5, 5.41) is 0. The Morgan fingerprint density at radius 2 is 1.65 bits per heavy atom. The number of allylic oxidation sites excluding steroid dienone is 4. The Kier molecular flexibility index (Phi) is 12.2. The molecule has 0 aromatic heterocycles. The minimum absolute atomic E-state index is 0.0978. The van der Waals surface area contributed by atoms with Gasteiger partial charge in [0.05, 0.1) is 6.61 Å². The molecule has 0 unspecified atom stereocenters. The Morgan fingerprint density at radius 3 is 2.24 bits per heavy atom. The Bertz CT molecular complexity index is 229. The Balaban J connectivity index is 3.24. The molecule has 0 aromatic carbocycles. The predicted octanol–water partition coefficient (Wildman–Crippen LogP) is 4.41. The van der Waals surface area contributed by atoms with Crippen molar-refractivity contribution in [3.8, 4) is 0 Å². The first kappa shape index (κ1) is 16.0. The number of hydrogen-bond donors (Lipinski definition) is 0. The molecule has 0 amide bonds. The first-order valence-electron chi connectivity index (χ1n) is 6.78. The highest BCUT2D eigenvalue weighted by atomic mass is 16.5. The molecule has 0 rings (SSSR count). The molecule has 0 radical (unpaired) electrons. The number of esters is 1. The molecule has 17 heavy (non-hydrogen) atoms. The Hall–Kier alpha value is -1.05. The fraction of sp³-hybridized carbons (Fsp3) is 0.667. The predicted molar refractivity (Wildman–Crippen MR) is 72.9 cm³/mol. The van der Waals surface area contributed by atoms with Gasteiger partial charge in [-0.25, -0.2) is 0 Å². The van der Waals surface area contributed by atoms with Crippen molar-refractivity contribution in [3.05, 3.63) is 24.3 Å². The molecule has 0 saturated heterocycles. The summed E-state index contributed by atoms with van der Waals surface area (Å²) in [6, 6.07) is 0. The standard InChI is InChI=1S/C15H26O2/c1-3-5-6-7-8-9-10-11-12-13-14-17-15(16)4-2/h7-10H,3-6,11-14H2,1-2H3/b8-7+,10-9+. The van der Waals surface area contributed by atoms with Crippen molar-refractivity contribution in [1.29, 1.82) is 0 Å². The van der Waals surface area contributed by atoms with Crippen LogP contribution in [0.3, 0.4) is 0 Å². The zero-order valence-corrected chi connectivity index (χ0v) is 11.3. The van der Waals surface area contributed by atoms with E-state index in [9.17, 15) is 4.79 Å². The number of carbonyl (C=O) groups is 1. The van der Waals surface area contributed by atoms with Gasteiger partial charge in [-0.3, -0.25) is 4.79 Å². The second kappa shape index (κ2) is 13.0. The van der Waals surface area contributed by atoms with E-state index in [-0.39, 0.29) is 5.97 Å². The number of carbonyl (C=O) groups excluding carboxylic acids is 1. The fourth-order valence-electron chi connectivity index (χ4n) is 1.32. The molecule has 0 aliphatic carbocycles. The van der Waals surface area contributed by atoms with Gasteiger partial charge in [-0.1, -0.05) is 51.0 Å². The molecule has 0 aliphatic heterocycles. The summed E-state index contributed by atoms with van der Waals surface area (Å²) in [5.41, 5.74) is 0. The maximum Gasteiger partial charge on any atom is 0.305 e. The molecule has 0 aliphatic rings. The summed E-state index contributed by atoms with van der Waals surface area (Å²) in [5.74, 6) is -0.0978. The normalized spacial score (nSPS) is 11.4. The van der Waals surface area contributed by atoms with Crippen molar-refractivity contribution < 1.29 is 9.53 Å². The van der Waals surface area contributed by atoms with Crippen LogP contribution in [0.5, 0.6) is 0 Å². The summed E-state index contributed by atoms with van der Waals surface area (Å²) in [6.07, 6.45) is 15.9. The van der Waals surface area contributed by atoms with Crippen molar-refractivity contribution in [2.45, 2.75) is 58.8 Å². The third kappa shape index (κ3) is 12.9. The molecular weight excluding hydrogens is 212 g/mol. The monoisotopic (exact) mass is 238 g/mol. The second-order valence-electron chi connectivity index (χ2n) is 4.07. The quantitative estimate of drug-likeness (QED) is 0.320. The molecule has 0 N–H and O–H groups in total. The van der Waals surface area contributed by atoms with Crippen molar-refractivity contribution in [1.82, 2.24) is 0 Å². The van der Waals surface area contributed by atoms with E-state index in [1.165, 1.54) is 19.3 Å². The van der Waals surface area contributed by atoms with Crippen LogP contribution < -0.4 is 0 Å². The second-order valence-corrected chi connectivity index (χ2v) is 4.07. The zero-order valence-electron chi connectivity index (χ0n) is 11.3. The van der Waals surface area contributed by atoms with Crippen LogP contribution in [-0.4, -0.2) is 12.6 Å². The lowest BCUT2D eigenvalue weighted by molar-refractivity contribution is -0.143. The van der Waals surface area contributed by atoms with Crippen molar-refractivity contribution in [2.75, 3.05) is 6.61 Å². The maximum absolute atomic E-state index is 10.8. The molecule has 0 saturated carbocycles. The highest BCUT2D eigenvalue weighted by molar-refractivity contribution is 5.68. The van der Waals surface area contributed by atoms with E-state index in [4.69, 9.17) is 4.74 Å². The van der Waals surface area contributed by atoms with Gasteiger partial charge in [0.2, 0.25) is 0 Å². The average molecular weight is 238 g/mol. The highest BCUT2D eigenvalue weighted by Crippen LogP contribution is 1.99. The number of unbranched alkanes of at least 4 members (excludes halogenated alkanes) is 4. The van der Waals surface area contributed by atoms with E-state index < -0.39 is 0 Å². The van der Waals surface area contributed by atoms with Gasteiger partial charge >= 0.3 is 5.97 Å². The van der Waals surface area contributed by atoms with Crippen LogP contribution in [-0.2, 0) is 9.53 Å². The van der Waals surface area contributed by atoms with Gasteiger partial charge in [-0.15, -0.1) is 0 Å². The van der Waals surface area contributed by atoms with E-state index >= 15 is 0 Å². The summed E-state index contributed by atoms with van der Waals surface area (Å²) >= 11 is 0. The Morgan fingerprint density at radius 1 is 1.00 bits per heavy atom. The van der Waals surface area contributed by atoms with Crippen molar-refractivity contribution in [3.63, 3.8) is 0 Å². The van der Waals surface area contributed by atoms with Crippen molar-refractivity contribution >= 4 is 5.97 Å². The van der Waals surface area contributed by atoms with E-state index in [0.717, 1.165) is 19.3 Å². The SMILES string of the molecule is CCCC/C=C/C=C/CCCCOC(=O)CC. The minimum atomic E-state index is -0.0978. The molecule has 2 heteroatoms. The third-order valence-electron chi connectivity index (χ3n) is 2.42. The minimum Gasteiger partial charge on any atom is -0.466 e. The molecule has 0 heterocycles. The van der Waals surface area contributed by atoms with Gasteiger partial charge in [-0.05, 0) is 25.7 Å². The van der Waals surface area contributed by atoms with E-state index in [2.05, 4.69) is 31.2 Å². The molecule has 0 bridgehead atoms. The van der Waals surface area contributed by atoms with Crippen LogP contribution in [0.4, 0.5) is 0 Å². The van der Waals surface area contributed by atoms with Gasteiger partial charge in [0.25, 0.3) is 0 Å². The van der Waals surface area contributed by atoms with E-state index in [1.807, 2.05) is 6.92 Å². The number of hydrogen-bond acceptors (Lipinski definition) is 2. The van der Waals surface area contributed by atoms with Crippen LogP contribution in [0.2, 0.25) is 0 Å². The smallest absolute Gasteiger partial charge is 0.305 e. The van der Waals surface area contributed by atoms with Crippen LogP contribution in [0.15, 0.2) is 24.3 Å². The van der Waals surface area contributed by atoms with E-state index in [1.54, 1.807) is 0 Å². The Labute approximate surface area is 106 Å². The van der Waals surface area contributed by atoms with Gasteiger partial charge in [0.1, 0.15) is 0 Å². The van der Waals surface area contributed by atoms with Crippen LogP contribution in [0.25, 0.3) is 0 Å². The van der Waals surface area contributed by atoms with Gasteiger partial charge < -0.3 is 4.74 Å². The summed E-state index contributed by atoms with van der Waals surface area (Å²) < 4.78 is 4.99. The van der Waals surface area contributed by atoms with Crippen LogP contribution in [0.1, 0.15) is 58.8 Å². The highest BCUT2D eigenvalue weighted by Gasteiger charge is 1.95. The van der Waals surface area contributed by atoms with E-state index in [0.29, 0.717) is 13.0 Å². The number of ether oxygens (including phenoxy) is 1. The maximum atomic E-state index is 10.8. The molecule has 0 fully saturated rings.